The van der Waals surface area contributed by atoms with Crippen molar-refractivity contribution in [2.45, 2.75) is 19.9 Å². The molecule has 3 aromatic rings. The van der Waals surface area contributed by atoms with Crippen molar-refractivity contribution in [1.29, 1.82) is 0 Å². The summed E-state index contributed by atoms with van der Waals surface area (Å²) < 4.78 is 0. The summed E-state index contributed by atoms with van der Waals surface area (Å²) >= 11 is 0. The second kappa shape index (κ2) is 4.07. The zero-order valence-electron chi connectivity index (χ0n) is 10.8. The average Bonchev–Trinajstić information content (AvgIpc) is 2.37. The van der Waals surface area contributed by atoms with Crippen LogP contribution in [-0.2, 0) is 0 Å². The van der Waals surface area contributed by atoms with E-state index in [1.165, 1.54) is 21.7 Å². The molecule has 0 radical (unpaired) electrons. The first-order chi connectivity index (χ1) is 8.66. The molecule has 1 unspecified atom stereocenters. The van der Waals surface area contributed by atoms with Gasteiger partial charge >= 0.3 is 0 Å². The van der Waals surface area contributed by atoms with Gasteiger partial charge in [-0.15, -0.1) is 0 Å². The fourth-order valence-corrected chi connectivity index (χ4v) is 2.53. The fraction of sp³-hybridized carbons (Fsp3) is 0.188. The second-order valence-corrected chi connectivity index (χ2v) is 4.95. The van der Waals surface area contributed by atoms with E-state index in [1.807, 2.05) is 0 Å². The monoisotopic (exact) mass is 237 g/mol. The van der Waals surface area contributed by atoms with E-state index >= 15 is 0 Å². The molecule has 0 spiro atoms. The molecule has 0 fully saturated rings. The molecule has 1 heterocycles. The molecule has 1 atom stereocenters. The topological polar surface area (TPSA) is 40.5 Å². The number of pyridine rings is 1. The largest absolute Gasteiger partial charge is 0.350 e. The maximum absolute atomic E-state index is 4.84. The van der Waals surface area contributed by atoms with E-state index in [-0.39, 0.29) is 6.04 Å². The number of hydrogen-bond acceptors (Lipinski definition) is 1. The van der Waals surface area contributed by atoms with Crippen LogP contribution in [0, 0.1) is 6.92 Å². The first-order valence-electron chi connectivity index (χ1n) is 6.29. The molecule has 0 bridgehead atoms. The molecule has 18 heavy (non-hydrogen) atoms. The summed E-state index contributed by atoms with van der Waals surface area (Å²) in [6.07, 6.45) is 0. The van der Waals surface area contributed by atoms with E-state index < -0.39 is 0 Å². The Morgan fingerprint density at radius 1 is 1.06 bits per heavy atom. The van der Waals surface area contributed by atoms with Crippen LogP contribution < -0.4 is 5.73 Å². The lowest BCUT2D eigenvalue weighted by Gasteiger charge is -2.10. The lowest BCUT2D eigenvalue weighted by molar-refractivity contribution is -0.421. The summed E-state index contributed by atoms with van der Waals surface area (Å²) in [6, 6.07) is 15.1. The van der Waals surface area contributed by atoms with E-state index in [0.717, 1.165) is 11.2 Å². The average molecular weight is 237 g/mol. The normalized spacial score (nSPS) is 13.1. The van der Waals surface area contributed by atoms with E-state index in [2.05, 4.69) is 62.0 Å². The van der Waals surface area contributed by atoms with Gasteiger partial charge in [0.25, 0.3) is 0 Å². The lowest BCUT2D eigenvalue weighted by Crippen LogP contribution is -2.52. The van der Waals surface area contributed by atoms with Gasteiger partial charge < -0.3 is 5.73 Å². The minimum Gasteiger partial charge on any atom is -0.350 e. The number of aromatic nitrogens is 1. The predicted molar refractivity (Wildman–Crippen MR) is 75.3 cm³/mol. The third kappa shape index (κ3) is 1.66. The summed E-state index contributed by atoms with van der Waals surface area (Å²) in [5, 5.41) is 3.66. The zero-order chi connectivity index (χ0) is 12.7. The van der Waals surface area contributed by atoms with Crippen molar-refractivity contribution in [1.82, 2.24) is 4.98 Å². The molecular formula is C16H17N2+. The molecule has 0 aliphatic heterocycles. The van der Waals surface area contributed by atoms with Crippen molar-refractivity contribution in [3.8, 4) is 0 Å². The van der Waals surface area contributed by atoms with Crippen molar-refractivity contribution in [3.05, 3.63) is 53.7 Å². The molecule has 0 saturated carbocycles. The Bertz CT molecular complexity index is 730. The second-order valence-electron chi connectivity index (χ2n) is 4.95. The molecule has 2 heteroatoms. The Morgan fingerprint density at radius 3 is 2.56 bits per heavy atom. The van der Waals surface area contributed by atoms with Crippen LogP contribution in [0.5, 0.6) is 0 Å². The number of nitrogens with zero attached hydrogens (tertiary/aromatic N) is 1. The maximum Gasteiger partial charge on any atom is 0.125 e. The Kier molecular flexibility index (Phi) is 2.53. The first kappa shape index (κ1) is 11.2. The third-order valence-electron chi connectivity index (χ3n) is 3.41. The molecule has 0 aliphatic rings. The van der Waals surface area contributed by atoms with Gasteiger partial charge in [-0.05, 0) is 30.9 Å². The number of quaternary nitrogens is 1. The summed E-state index contributed by atoms with van der Waals surface area (Å²) in [5.41, 5.74) is 7.50. The number of aryl methyl sites for hydroxylation is 1. The van der Waals surface area contributed by atoms with Crippen molar-refractivity contribution in [2.24, 2.45) is 0 Å². The molecule has 0 aliphatic carbocycles. The minimum atomic E-state index is 0.216. The molecule has 0 amide bonds. The lowest BCUT2D eigenvalue weighted by atomic mass is 10.0. The van der Waals surface area contributed by atoms with Crippen LogP contribution in [0.3, 0.4) is 0 Å². The summed E-state index contributed by atoms with van der Waals surface area (Å²) in [5.74, 6) is 0. The fourth-order valence-electron chi connectivity index (χ4n) is 2.53. The van der Waals surface area contributed by atoms with Crippen LogP contribution in [0.1, 0.15) is 24.2 Å². The Balaban J connectivity index is 2.45. The van der Waals surface area contributed by atoms with E-state index in [1.54, 1.807) is 0 Å². The van der Waals surface area contributed by atoms with Crippen LogP contribution in [0.25, 0.3) is 21.7 Å². The minimum absolute atomic E-state index is 0.216. The van der Waals surface area contributed by atoms with Crippen LogP contribution in [0.2, 0.25) is 0 Å². The highest BCUT2D eigenvalue weighted by Gasteiger charge is 2.11. The highest BCUT2D eigenvalue weighted by atomic mass is 14.8. The van der Waals surface area contributed by atoms with Crippen molar-refractivity contribution >= 4 is 21.7 Å². The molecule has 2 nitrogen and oxygen atoms in total. The molecule has 3 rings (SSSR count). The summed E-state index contributed by atoms with van der Waals surface area (Å²) in [6.45, 7) is 4.20. The van der Waals surface area contributed by atoms with Gasteiger partial charge in [-0.3, -0.25) is 0 Å². The number of hydrogen-bond donors (Lipinski definition) is 1. The van der Waals surface area contributed by atoms with Gasteiger partial charge in [-0.1, -0.05) is 36.4 Å². The first-order valence-corrected chi connectivity index (χ1v) is 6.29. The number of rotatable bonds is 1. The maximum atomic E-state index is 4.84. The molecule has 1 aromatic heterocycles. The third-order valence-corrected chi connectivity index (χ3v) is 3.41. The quantitative estimate of drug-likeness (QED) is 0.649. The van der Waals surface area contributed by atoms with Crippen molar-refractivity contribution < 1.29 is 5.73 Å². The molecule has 3 N–H and O–H groups in total. The van der Waals surface area contributed by atoms with Gasteiger partial charge in [0.1, 0.15) is 11.7 Å². The van der Waals surface area contributed by atoms with Crippen LogP contribution in [0.4, 0.5) is 0 Å². The predicted octanol–water partition coefficient (Wildman–Crippen LogP) is 3.00. The van der Waals surface area contributed by atoms with Crippen molar-refractivity contribution in [3.63, 3.8) is 0 Å². The summed E-state index contributed by atoms with van der Waals surface area (Å²) in [4.78, 5) is 4.84. The van der Waals surface area contributed by atoms with E-state index in [9.17, 15) is 0 Å². The van der Waals surface area contributed by atoms with E-state index in [0.29, 0.717) is 0 Å². The van der Waals surface area contributed by atoms with Crippen LogP contribution in [-0.4, -0.2) is 4.98 Å². The van der Waals surface area contributed by atoms with E-state index in [4.69, 9.17) is 4.98 Å². The molecular weight excluding hydrogens is 220 g/mol. The molecule has 90 valence electrons. The Morgan fingerprint density at radius 2 is 1.78 bits per heavy atom. The standard InChI is InChI=1S/C16H16N2/c1-10-9-13-8-7-12-5-3-4-6-14(12)16(13)18-15(10)11(2)17/h3-9,11H,17H2,1-2H3/p+1. The zero-order valence-corrected chi connectivity index (χ0v) is 10.8. The van der Waals surface area contributed by atoms with Gasteiger partial charge in [0.2, 0.25) is 0 Å². The summed E-state index contributed by atoms with van der Waals surface area (Å²) in [7, 11) is 0. The van der Waals surface area contributed by atoms with Crippen LogP contribution in [0.15, 0.2) is 42.5 Å². The molecule has 2 aromatic carbocycles. The van der Waals surface area contributed by atoms with Crippen LogP contribution >= 0.6 is 0 Å². The van der Waals surface area contributed by atoms with Gasteiger partial charge in [-0.25, -0.2) is 4.98 Å². The highest BCUT2D eigenvalue weighted by Crippen LogP contribution is 2.26. The van der Waals surface area contributed by atoms with Gasteiger partial charge in [0.05, 0.1) is 5.52 Å². The number of fused-ring (bicyclic) bond motifs is 3. The van der Waals surface area contributed by atoms with Gasteiger partial charge in [0.15, 0.2) is 0 Å². The Labute approximate surface area is 106 Å². The van der Waals surface area contributed by atoms with Crippen molar-refractivity contribution in [2.75, 3.05) is 0 Å². The highest BCUT2D eigenvalue weighted by molar-refractivity contribution is 6.05. The number of benzene rings is 2. The van der Waals surface area contributed by atoms with Gasteiger partial charge in [-0.2, -0.15) is 0 Å². The SMILES string of the molecule is Cc1cc2ccc3ccccc3c2nc1C(C)[NH3+]. The Hall–Kier alpha value is -1.93. The van der Waals surface area contributed by atoms with Gasteiger partial charge in [0, 0.05) is 10.8 Å². The smallest absolute Gasteiger partial charge is 0.125 e. The molecule has 0 saturated heterocycles.